The molecule has 0 aliphatic carbocycles. The van der Waals surface area contributed by atoms with E-state index >= 15 is 0 Å². The summed E-state index contributed by atoms with van der Waals surface area (Å²) in [5.74, 6) is -0.132. The third-order valence-electron chi connectivity index (χ3n) is 3.69. The first-order valence-corrected chi connectivity index (χ1v) is 7.45. The van der Waals surface area contributed by atoms with E-state index in [2.05, 4.69) is 10.3 Å². The highest BCUT2D eigenvalue weighted by molar-refractivity contribution is 5.90. The first-order valence-electron chi connectivity index (χ1n) is 7.45. The third kappa shape index (κ3) is 3.29. The Labute approximate surface area is 133 Å². The van der Waals surface area contributed by atoms with Gasteiger partial charge in [-0.15, -0.1) is 0 Å². The largest absolute Gasteiger partial charge is 0.326 e. The number of para-hydroxylation sites is 2. The number of rotatable bonds is 4. The molecule has 5 heteroatoms. The van der Waals surface area contributed by atoms with E-state index in [4.69, 9.17) is 0 Å². The van der Waals surface area contributed by atoms with Crippen LogP contribution in [0.15, 0.2) is 59.7 Å². The number of nitrogens with one attached hydrogen (secondary N) is 1. The molecule has 1 heterocycles. The van der Waals surface area contributed by atoms with Crippen LogP contribution in [0.25, 0.3) is 10.9 Å². The molecule has 0 saturated heterocycles. The number of hydrogen-bond donors (Lipinski definition) is 1. The van der Waals surface area contributed by atoms with Crippen LogP contribution in [0, 0.1) is 6.92 Å². The van der Waals surface area contributed by atoms with Gasteiger partial charge in [-0.1, -0.05) is 30.3 Å². The van der Waals surface area contributed by atoms with Crippen LogP contribution in [-0.4, -0.2) is 15.5 Å². The highest BCUT2D eigenvalue weighted by Gasteiger charge is 2.08. The summed E-state index contributed by atoms with van der Waals surface area (Å²) in [5.41, 5.74) is 2.30. The van der Waals surface area contributed by atoms with Gasteiger partial charge in [-0.2, -0.15) is 0 Å². The van der Waals surface area contributed by atoms with Crippen molar-refractivity contribution in [2.24, 2.45) is 0 Å². The van der Waals surface area contributed by atoms with Crippen molar-refractivity contribution < 1.29 is 4.79 Å². The van der Waals surface area contributed by atoms with Gasteiger partial charge in [0, 0.05) is 18.7 Å². The molecular weight excluding hydrogens is 290 g/mol. The van der Waals surface area contributed by atoms with Gasteiger partial charge in [-0.25, -0.2) is 4.98 Å². The Hall–Kier alpha value is -2.95. The number of benzene rings is 2. The van der Waals surface area contributed by atoms with E-state index in [1.54, 1.807) is 6.07 Å². The van der Waals surface area contributed by atoms with Gasteiger partial charge >= 0.3 is 0 Å². The van der Waals surface area contributed by atoms with Gasteiger partial charge in [0.1, 0.15) is 0 Å². The lowest BCUT2D eigenvalue weighted by Crippen LogP contribution is -2.23. The molecule has 23 heavy (non-hydrogen) atoms. The minimum Gasteiger partial charge on any atom is -0.326 e. The average molecular weight is 307 g/mol. The predicted molar refractivity (Wildman–Crippen MR) is 90.4 cm³/mol. The van der Waals surface area contributed by atoms with Crippen molar-refractivity contribution in [1.29, 1.82) is 0 Å². The molecule has 0 saturated carbocycles. The van der Waals surface area contributed by atoms with Crippen LogP contribution >= 0.6 is 0 Å². The third-order valence-corrected chi connectivity index (χ3v) is 3.69. The van der Waals surface area contributed by atoms with E-state index in [9.17, 15) is 9.59 Å². The topological polar surface area (TPSA) is 64.0 Å². The van der Waals surface area contributed by atoms with E-state index in [-0.39, 0.29) is 17.9 Å². The number of fused-ring (bicyclic) bond motifs is 1. The number of hydrogen-bond acceptors (Lipinski definition) is 3. The maximum Gasteiger partial charge on any atom is 0.261 e. The van der Waals surface area contributed by atoms with E-state index in [1.807, 2.05) is 49.4 Å². The molecule has 0 fully saturated rings. The second-order valence-electron chi connectivity index (χ2n) is 5.38. The van der Waals surface area contributed by atoms with Gasteiger partial charge in [-0.3, -0.25) is 14.2 Å². The summed E-state index contributed by atoms with van der Waals surface area (Å²) in [6, 6.07) is 14.8. The Kier molecular flexibility index (Phi) is 4.19. The van der Waals surface area contributed by atoms with Crippen LogP contribution in [-0.2, 0) is 11.3 Å². The number of aryl methyl sites for hydroxylation is 2. The molecule has 0 atom stereocenters. The zero-order valence-electron chi connectivity index (χ0n) is 12.8. The standard InChI is InChI=1S/C18H17N3O2/c1-13-6-5-9-15-17(13)19-12-21(18(15)23)11-10-16(22)20-14-7-3-2-4-8-14/h2-9,12H,10-11H2,1H3,(H,20,22). The minimum atomic E-state index is -0.132. The van der Waals surface area contributed by atoms with Crippen molar-refractivity contribution in [2.45, 2.75) is 19.9 Å². The predicted octanol–water partition coefficient (Wildman–Crippen LogP) is 2.73. The molecule has 1 aromatic heterocycles. The number of carbonyl (C=O) groups excluding carboxylic acids is 1. The quantitative estimate of drug-likeness (QED) is 0.806. The zero-order valence-corrected chi connectivity index (χ0v) is 12.8. The second-order valence-corrected chi connectivity index (χ2v) is 5.38. The summed E-state index contributed by atoms with van der Waals surface area (Å²) in [5, 5.41) is 3.38. The van der Waals surface area contributed by atoms with Crippen LogP contribution in [0.3, 0.4) is 0 Å². The summed E-state index contributed by atoms with van der Waals surface area (Å²) in [7, 11) is 0. The van der Waals surface area contributed by atoms with Crippen LogP contribution in [0.2, 0.25) is 0 Å². The Morgan fingerprint density at radius 2 is 1.91 bits per heavy atom. The van der Waals surface area contributed by atoms with Gasteiger partial charge in [0.25, 0.3) is 5.56 Å². The van der Waals surface area contributed by atoms with E-state index in [0.717, 1.165) is 11.3 Å². The van der Waals surface area contributed by atoms with Crippen LogP contribution in [0.5, 0.6) is 0 Å². The highest BCUT2D eigenvalue weighted by Crippen LogP contribution is 2.11. The summed E-state index contributed by atoms with van der Waals surface area (Å²) >= 11 is 0. The van der Waals surface area contributed by atoms with Crippen molar-refractivity contribution in [1.82, 2.24) is 9.55 Å². The molecule has 5 nitrogen and oxygen atoms in total. The lowest BCUT2D eigenvalue weighted by atomic mass is 10.1. The number of anilines is 1. The van der Waals surface area contributed by atoms with Gasteiger partial charge < -0.3 is 5.32 Å². The second kappa shape index (κ2) is 6.44. The SMILES string of the molecule is Cc1cccc2c(=O)n(CCC(=O)Nc3ccccc3)cnc12. The molecule has 0 unspecified atom stereocenters. The molecule has 1 amide bonds. The number of amides is 1. The summed E-state index contributed by atoms with van der Waals surface area (Å²) in [6.07, 6.45) is 1.72. The van der Waals surface area contributed by atoms with Crippen LogP contribution in [0.1, 0.15) is 12.0 Å². The maximum atomic E-state index is 12.4. The van der Waals surface area contributed by atoms with Gasteiger partial charge in [0.05, 0.1) is 17.2 Å². The Bertz CT molecular complexity index is 901. The average Bonchev–Trinajstić information content (AvgIpc) is 2.56. The van der Waals surface area contributed by atoms with Crippen molar-refractivity contribution >= 4 is 22.5 Å². The fraction of sp³-hybridized carbons (Fsp3) is 0.167. The first-order chi connectivity index (χ1) is 11.1. The lowest BCUT2D eigenvalue weighted by Gasteiger charge is -2.08. The Balaban J connectivity index is 1.74. The van der Waals surface area contributed by atoms with Crippen molar-refractivity contribution in [3.05, 3.63) is 70.8 Å². The van der Waals surface area contributed by atoms with Crippen molar-refractivity contribution in [2.75, 3.05) is 5.32 Å². The Morgan fingerprint density at radius 1 is 1.13 bits per heavy atom. The molecule has 0 bridgehead atoms. The monoisotopic (exact) mass is 307 g/mol. The molecule has 0 spiro atoms. The smallest absolute Gasteiger partial charge is 0.261 e. The molecule has 3 aromatic rings. The highest BCUT2D eigenvalue weighted by atomic mass is 16.1. The van der Waals surface area contributed by atoms with Crippen LogP contribution in [0.4, 0.5) is 5.69 Å². The Morgan fingerprint density at radius 3 is 2.70 bits per heavy atom. The van der Waals surface area contributed by atoms with Crippen LogP contribution < -0.4 is 10.9 Å². The molecular formula is C18H17N3O2. The fourth-order valence-corrected chi connectivity index (χ4v) is 2.46. The maximum absolute atomic E-state index is 12.4. The summed E-state index contributed by atoms with van der Waals surface area (Å²) in [6.45, 7) is 2.22. The number of carbonyl (C=O) groups is 1. The van der Waals surface area contributed by atoms with Gasteiger partial charge in [-0.05, 0) is 30.7 Å². The lowest BCUT2D eigenvalue weighted by molar-refractivity contribution is -0.116. The molecule has 0 aliphatic heterocycles. The van der Waals surface area contributed by atoms with Crippen molar-refractivity contribution in [3.8, 4) is 0 Å². The number of nitrogens with zero attached hydrogens (tertiary/aromatic N) is 2. The van der Waals surface area contributed by atoms with Gasteiger partial charge in [0.2, 0.25) is 5.91 Å². The number of aromatic nitrogens is 2. The molecule has 1 N–H and O–H groups in total. The molecule has 2 aromatic carbocycles. The molecule has 116 valence electrons. The van der Waals surface area contributed by atoms with Crippen molar-refractivity contribution in [3.63, 3.8) is 0 Å². The van der Waals surface area contributed by atoms with Gasteiger partial charge in [0.15, 0.2) is 0 Å². The molecule has 0 aliphatic rings. The zero-order chi connectivity index (χ0) is 16.2. The first kappa shape index (κ1) is 15.0. The van der Waals surface area contributed by atoms with E-state index in [1.165, 1.54) is 10.9 Å². The van der Waals surface area contributed by atoms with E-state index in [0.29, 0.717) is 17.4 Å². The minimum absolute atomic E-state index is 0.119. The fourth-order valence-electron chi connectivity index (χ4n) is 2.46. The molecule has 0 radical (unpaired) electrons. The normalized spacial score (nSPS) is 10.7. The van der Waals surface area contributed by atoms with E-state index < -0.39 is 0 Å². The summed E-state index contributed by atoms with van der Waals surface area (Å²) in [4.78, 5) is 28.7. The molecule has 3 rings (SSSR count). The summed E-state index contributed by atoms with van der Waals surface area (Å²) < 4.78 is 1.48.